The molecule has 430 valence electrons. The van der Waals surface area contributed by atoms with Crippen molar-refractivity contribution in [2.75, 3.05) is 13.2 Å². The van der Waals surface area contributed by atoms with Crippen molar-refractivity contribution < 1.29 is 28.6 Å². The molecule has 0 saturated carbocycles. The molecule has 0 heterocycles. The summed E-state index contributed by atoms with van der Waals surface area (Å²) in [6, 6.07) is 0. The highest BCUT2D eigenvalue weighted by Gasteiger charge is 2.19. The second-order valence-electron chi connectivity index (χ2n) is 19.5. The summed E-state index contributed by atoms with van der Waals surface area (Å²) in [6.07, 6.45) is 93.4. The number of carbonyl (C=O) groups is 3. The van der Waals surface area contributed by atoms with Crippen LogP contribution in [0.3, 0.4) is 0 Å². The lowest BCUT2D eigenvalue weighted by Crippen LogP contribution is -2.30. The Morgan fingerprint density at radius 1 is 0.260 bits per heavy atom. The first-order valence-corrected chi connectivity index (χ1v) is 30.6. The third-order valence-electron chi connectivity index (χ3n) is 12.2. The maximum Gasteiger partial charge on any atom is 0.306 e. The topological polar surface area (TPSA) is 78.9 Å². The van der Waals surface area contributed by atoms with Crippen molar-refractivity contribution in [1.82, 2.24) is 0 Å². The van der Waals surface area contributed by atoms with Gasteiger partial charge in [0.2, 0.25) is 0 Å². The van der Waals surface area contributed by atoms with E-state index < -0.39 is 6.10 Å². The molecule has 0 radical (unpaired) electrons. The van der Waals surface area contributed by atoms with E-state index in [0.29, 0.717) is 12.8 Å². The lowest BCUT2D eigenvalue weighted by atomic mass is 10.1. The third-order valence-corrected chi connectivity index (χ3v) is 12.2. The molecule has 0 fully saturated rings. The number of rotatable bonds is 53. The van der Waals surface area contributed by atoms with E-state index in [1.807, 2.05) is 0 Å². The minimum Gasteiger partial charge on any atom is -0.462 e. The van der Waals surface area contributed by atoms with Crippen molar-refractivity contribution in [2.45, 2.75) is 245 Å². The second kappa shape index (κ2) is 63.3. The van der Waals surface area contributed by atoms with Crippen LogP contribution in [-0.2, 0) is 28.6 Å². The first-order chi connectivity index (χ1) is 38.0. The van der Waals surface area contributed by atoms with Crippen molar-refractivity contribution in [3.63, 3.8) is 0 Å². The Labute approximate surface area is 472 Å². The number of esters is 3. The van der Waals surface area contributed by atoms with Gasteiger partial charge >= 0.3 is 17.9 Å². The van der Waals surface area contributed by atoms with E-state index in [1.165, 1.54) is 25.7 Å². The van der Waals surface area contributed by atoms with Crippen molar-refractivity contribution in [2.24, 2.45) is 0 Å². The highest BCUT2D eigenvalue weighted by atomic mass is 16.6. The molecule has 0 aliphatic heterocycles. The summed E-state index contributed by atoms with van der Waals surface area (Å²) in [5, 5.41) is 0. The van der Waals surface area contributed by atoms with E-state index in [4.69, 9.17) is 14.2 Å². The quantitative estimate of drug-likeness (QED) is 0.0261. The Bertz CT molecular complexity index is 1790. The van der Waals surface area contributed by atoms with Crippen LogP contribution in [0, 0.1) is 0 Å². The van der Waals surface area contributed by atoms with Gasteiger partial charge in [-0.3, -0.25) is 14.4 Å². The molecule has 0 bridgehead atoms. The molecule has 0 amide bonds. The molecule has 0 rings (SSSR count). The Hall–Kier alpha value is -5.23. The van der Waals surface area contributed by atoms with Gasteiger partial charge in [-0.05, 0) is 148 Å². The van der Waals surface area contributed by atoms with Gasteiger partial charge in [-0.15, -0.1) is 0 Å². The van der Waals surface area contributed by atoms with E-state index >= 15 is 0 Å². The zero-order chi connectivity index (χ0) is 55.7. The first kappa shape index (κ1) is 71.8. The number of unbranched alkanes of at least 4 members (excludes halogenated alkanes) is 14. The first-order valence-electron chi connectivity index (χ1n) is 30.6. The van der Waals surface area contributed by atoms with Crippen molar-refractivity contribution in [3.05, 3.63) is 170 Å². The van der Waals surface area contributed by atoms with E-state index in [-0.39, 0.29) is 37.5 Å². The molecular formula is C71H110O6. The van der Waals surface area contributed by atoms with Crippen LogP contribution in [-0.4, -0.2) is 37.2 Å². The van der Waals surface area contributed by atoms with Gasteiger partial charge in [0, 0.05) is 19.3 Å². The Balaban J connectivity index is 4.53. The van der Waals surface area contributed by atoms with Crippen LogP contribution < -0.4 is 0 Å². The molecule has 0 saturated heterocycles. The largest absolute Gasteiger partial charge is 0.462 e. The predicted octanol–water partition coefficient (Wildman–Crippen LogP) is 21.1. The summed E-state index contributed by atoms with van der Waals surface area (Å²) < 4.78 is 16.9. The number of hydrogen-bond acceptors (Lipinski definition) is 6. The maximum atomic E-state index is 12.9. The van der Waals surface area contributed by atoms with Gasteiger partial charge in [-0.2, -0.15) is 0 Å². The average molecular weight is 1060 g/mol. The van der Waals surface area contributed by atoms with Gasteiger partial charge in [0.1, 0.15) is 13.2 Å². The lowest BCUT2D eigenvalue weighted by Gasteiger charge is -2.18. The zero-order valence-corrected chi connectivity index (χ0v) is 49.1. The van der Waals surface area contributed by atoms with E-state index in [9.17, 15) is 14.4 Å². The van der Waals surface area contributed by atoms with Gasteiger partial charge in [0.15, 0.2) is 6.10 Å². The summed E-state index contributed by atoms with van der Waals surface area (Å²) in [4.78, 5) is 38.3. The fraction of sp³-hybridized carbons (Fsp3) is 0.563. The Morgan fingerprint density at radius 2 is 0.468 bits per heavy atom. The summed E-state index contributed by atoms with van der Waals surface area (Å²) >= 11 is 0. The fourth-order valence-corrected chi connectivity index (χ4v) is 7.72. The van der Waals surface area contributed by atoms with Gasteiger partial charge in [-0.25, -0.2) is 0 Å². The molecule has 0 spiro atoms. The van der Waals surface area contributed by atoms with Crippen LogP contribution in [0.4, 0.5) is 0 Å². The molecule has 0 aromatic rings. The predicted molar refractivity (Wildman–Crippen MR) is 334 cm³/mol. The lowest BCUT2D eigenvalue weighted by molar-refractivity contribution is -0.167. The summed E-state index contributed by atoms with van der Waals surface area (Å²) in [5.74, 6) is -0.987. The smallest absolute Gasteiger partial charge is 0.306 e. The summed E-state index contributed by atoms with van der Waals surface area (Å²) in [6.45, 7) is 6.23. The number of carbonyl (C=O) groups excluding carboxylic acids is 3. The normalized spacial score (nSPS) is 13.3. The molecule has 0 aromatic heterocycles. The standard InChI is InChI=1S/C71H110O6/c1-4-7-10-13-16-19-22-25-28-31-32-33-34-35-36-37-38-41-43-46-49-52-55-58-61-64-70(73)76-67-68(77-71(74)65-62-59-56-53-50-47-44-40-30-27-24-21-18-15-12-9-6-3)66-75-69(72)63-60-57-54-51-48-45-42-39-29-26-23-20-17-14-11-8-5-2/h7-12,16-21,25-30,32-33,35-36,38,41,44,46-47,49,68H,4-6,13-15,22-24,31,34,37,39-40,42-43,45,48,50-67H2,1-3H3/b10-7-,11-8-,12-9-,19-16-,20-17-,21-18-,28-25-,29-26-,30-27-,33-32-,36-35-,41-38-,47-44-,49-46-. The Morgan fingerprint density at radius 3 is 0.740 bits per heavy atom. The average Bonchev–Trinajstić information content (AvgIpc) is 3.43. The molecule has 6 nitrogen and oxygen atoms in total. The van der Waals surface area contributed by atoms with Crippen LogP contribution in [0.15, 0.2) is 170 Å². The third kappa shape index (κ3) is 61.5. The van der Waals surface area contributed by atoms with Crippen molar-refractivity contribution >= 4 is 17.9 Å². The molecular weight excluding hydrogens is 949 g/mol. The second-order valence-corrected chi connectivity index (χ2v) is 19.5. The van der Waals surface area contributed by atoms with Crippen LogP contribution in [0.25, 0.3) is 0 Å². The molecule has 0 aliphatic rings. The van der Waals surface area contributed by atoms with E-state index in [1.54, 1.807) is 0 Å². The van der Waals surface area contributed by atoms with Crippen molar-refractivity contribution in [1.29, 1.82) is 0 Å². The van der Waals surface area contributed by atoms with Crippen LogP contribution in [0.2, 0.25) is 0 Å². The zero-order valence-electron chi connectivity index (χ0n) is 49.1. The number of allylic oxidation sites excluding steroid dienone is 28. The van der Waals surface area contributed by atoms with Crippen LogP contribution >= 0.6 is 0 Å². The number of hydrogen-bond donors (Lipinski definition) is 0. The number of ether oxygens (including phenoxy) is 3. The fourth-order valence-electron chi connectivity index (χ4n) is 7.72. The van der Waals surface area contributed by atoms with Crippen LogP contribution in [0.1, 0.15) is 239 Å². The SMILES string of the molecule is CC/C=C\C/C=C\C/C=C\C/C=C\C/C=C\C/C=C\C/C=C\CCCCCC(=O)OCC(COC(=O)CCCCCCCCC/C=C\C/C=C\C/C=C\CC)OC(=O)CCCCCC/C=C\C/C=C\C/C=C\C/C=C\CC. The molecule has 77 heavy (non-hydrogen) atoms. The van der Waals surface area contributed by atoms with Crippen molar-refractivity contribution in [3.8, 4) is 0 Å². The molecule has 0 aliphatic carbocycles. The van der Waals surface area contributed by atoms with E-state index in [0.717, 1.165) is 173 Å². The Kier molecular flexibility index (Phi) is 59.0. The van der Waals surface area contributed by atoms with E-state index in [2.05, 4.69) is 191 Å². The van der Waals surface area contributed by atoms with Crippen LogP contribution in [0.5, 0.6) is 0 Å². The maximum absolute atomic E-state index is 12.9. The summed E-state index contributed by atoms with van der Waals surface area (Å²) in [7, 11) is 0. The molecule has 1 atom stereocenters. The molecule has 0 N–H and O–H groups in total. The molecule has 6 heteroatoms. The van der Waals surface area contributed by atoms with Gasteiger partial charge in [0.05, 0.1) is 0 Å². The monoisotopic (exact) mass is 1060 g/mol. The minimum atomic E-state index is -0.820. The van der Waals surface area contributed by atoms with Gasteiger partial charge < -0.3 is 14.2 Å². The van der Waals surface area contributed by atoms with Gasteiger partial charge in [0.25, 0.3) is 0 Å². The molecule has 0 aromatic carbocycles. The van der Waals surface area contributed by atoms with Gasteiger partial charge in [-0.1, -0.05) is 242 Å². The highest BCUT2D eigenvalue weighted by molar-refractivity contribution is 5.71. The minimum absolute atomic E-state index is 0.112. The molecule has 1 unspecified atom stereocenters. The highest BCUT2D eigenvalue weighted by Crippen LogP contribution is 2.13. The summed E-state index contributed by atoms with van der Waals surface area (Å²) in [5.41, 5.74) is 0.